The number of piperidine rings is 1. The zero-order chi connectivity index (χ0) is 9.62. The van der Waals surface area contributed by atoms with Crippen LogP contribution in [0, 0.1) is 0 Å². The molecule has 0 bridgehead atoms. The SMILES string of the molecule is CC1(C)CC(O)(O)CC(C)(C)N1. The van der Waals surface area contributed by atoms with E-state index in [1.165, 1.54) is 0 Å². The Morgan fingerprint density at radius 2 is 1.25 bits per heavy atom. The van der Waals surface area contributed by atoms with Crippen LogP contribution < -0.4 is 5.32 Å². The molecular formula is C9H19NO2. The van der Waals surface area contributed by atoms with Crippen LogP contribution in [-0.4, -0.2) is 27.1 Å². The molecule has 1 heterocycles. The summed E-state index contributed by atoms with van der Waals surface area (Å²) in [5.74, 6) is -1.52. The summed E-state index contributed by atoms with van der Waals surface area (Å²) in [6.45, 7) is 7.92. The van der Waals surface area contributed by atoms with Gasteiger partial charge < -0.3 is 15.5 Å². The van der Waals surface area contributed by atoms with E-state index in [1.807, 2.05) is 27.7 Å². The highest BCUT2D eigenvalue weighted by atomic mass is 16.5. The normalized spacial score (nSPS) is 31.5. The fourth-order valence-corrected chi connectivity index (χ4v) is 2.48. The van der Waals surface area contributed by atoms with Crippen molar-refractivity contribution in [3.05, 3.63) is 0 Å². The summed E-state index contributed by atoms with van der Waals surface area (Å²) in [5, 5.41) is 22.5. The molecule has 1 fully saturated rings. The molecule has 3 nitrogen and oxygen atoms in total. The lowest BCUT2D eigenvalue weighted by Crippen LogP contribution is -2.63. The maximum Gasteiger partial charge on any atom is 0.165 e. The Labute approximate surface area is 73.8 Å². The molecule has 0 amide bonds. The fraction of sp³-hybridized carbons (Fsp3) is 1.00. The molecule has 0 aliphatic carbocycles. The lowest BCUT2D eigenvalue weighted by atomic mass is 9.79. The van der Waals surface area contributed by atoms with Crippen LogP contribution in [0.1, 0.15) is 40.5 Å². The molecule has 0 spiro atoms. The molecule has 0 atom stereocenters. The van der Waals surface area contributed by atoms with Gasteiger partial charge in [-0.25, -0.2) is 0 Å². The van der Waals surface area contributed by atoms with Crippen LogP contribution >= 0.6 is 0 Å². The van der Waals surface area contributed by atoms with Gasteiger partial charge in [-0.05, 0) is 27.7 Å². The highest BCUT2D eigenvalue weighted by Crippen LogP contribution is 2.33. The van der Waals surface area contributed by atoms with Crippen molar-refractivity contribution >= 4 is 0 Å². The van der Waals surface area contributed by atoms with Crippen LogP contribution in [0.3, 0.4) is 0 Å². The van der Waals surface area contributed by atoms with Gasteiger partial charge in [0.05, 0.1) is 0 Å². The number of rotatable bonds is 0. The third kappa shape index (κ3) is 2.44. The minimum Gasteiger partial charge on any atom is -0.365 e. The third-order valence-corrected chi connectivity index (χ3v) is 2.13. The summed E-state index contributed by atoms with van der Waals surface area (Å²) in [6, 6.07) is 0. The highest BCUT2D eigenvalue weighted by molar-refractivity contribution is 4.99. The quantitative estimate of drug-likeness (QED) is 0.470. The molecule has 3 N–H and O–H groups in total. The Bertz CT molecular complexity index is 140. The van der Waals surface area contributed by atoms with Gasteiger partial charge in [-0.1, -0.05) is 0 Å². The van der Waals surface area contributed by atoms with Crippen molar-refractivity contribution in [3.63, 3.8) is 0 Å². The first kappa shape index (κ1) is 9.96. The van der Waals surface area contributed by atoms with Crippen molar-refractivity contribution in [2.75, 3.05) is 0 Å². The molecule has 1 rings (SSSR count). The van der Waals surface area contributed by atoms with Crippen LogP contribution in [-0.2, 0) is 0 Å². The molecule has 0 aromatic rings. The van der Waals surface area contributed by atoms with Gasteiger partial charge in [0.2, 0.25) is 0 Å². The predicted octanol–water partition coefficient (Wildman–Crippen LogP) is 0.608. The van der Waals surface area contributed by atoms with Crippen molar-refractivity contribution in [2.45, 2.75) is 57.4 Å². The second kappa shape index (κ2) is 2.44. The Morgan fingerprint density at radius 3 is 1.50 bits per heavy atom. The van der Waals surface area contributed by atoms with Crippen LogP contribution in [0.15, 0.2) is 0 Å². The number of nitrogens with one attached hydrogen (secondary N) is 1. The monoisotopic (exact) mass is 173 g/mol. The van der Waals surface area contributed by atoms with E-state index in [4.69, 9.17) is 0 Å². The topological polar surface area (TPSA) is 52.5 Å². The van der Waals surface area contributed by atoms with E-state index < -0.39 is 5.79 Å². The molecule has 72 valence electrons. The molecule has 1 saturated heterocycles. The first-order valence-electron chi connectivity index (χ1n) is 4.36. The predicted molar refractivity (Wildman–Crippen MR) is 47.7 cm³/mol. The van der Waals surface area contributed by atoms with Gasteiger partial charge in [0.25, 0.3) is 0 Å². The summed E-state index contributed by atoms with van der Waals surface area (Å²) in [5.41, 5.74) is -0.406. The molecule has 0 radical (unpaired) electrons. The standard InChI is InChI=1S/C9H19NO2/c1-7(2)5-9(11,12)6-8(3,4)10-7/h10-12H,5-6H2,1-4H3. The maximum absolute atomic E-state index is 9.56. The van der Waals surface area contributed by atoms with Crippen molar-refractivity contribution in [2.24, 2.45) is 0 Å². The molecule has 0 unspecified atom stereocenters. The Balaban J connectivity index is 2.81. The second-order valence-corrected chi connectivity index (χ2v) is 5.23. The minimum atomic E-state index is -1.52. The first-order chi connectivity index (χ1) is 5.12. The minimum absolute atomic E-state index is 0.203. The molecule has 1 aliphatic rings. The van der Waals surface area contributed by atoms with Crippen LogP contribution in [0.5, 0.6) is 0 Å². The largest absolute Gasteiger partial charge is 0.365 e. The average molecular weight is 173 g/mol. The summed E-state index contributed by atoms with van der Waals surface area (Å²) < 4.78 is 0. The van der Waals surface area contributed by atoms with Crippen molar-refractivity contribution < 1.29 is 10.2 Å². The summed E-state index contributed by atoms with van der Waals surface area (Å²) in [4.78, 5) is 0. The Hall–Kier alpha value is -0.120. The summed E-state index contributed by atoms with van der Waals surface area (Å²) in [6.07, 6.45) is 0.757. The molecule has 0 saturated carbocycles. The Kier molecular flexibility index (Phi) is 2.02. The lowest BCUT2D eigenvalue weighted by molar-refractivity contribution is -0.209. The van der Waals surface area contributed by atoms with Crippen LogP contribution in [0.25, 0.3) is 0 Å². The summed E-state index contributed by atoms with van der Waals surface area (Å²) >= 11 is 0. The van der Waals surface area contributed by atoms with Gasteiger partial charge in [-0.2, -0.15) is 0 Å². The van der Waals surface area contributed by atoms with Gasteiger partial charge in [-0.15, -0.1) is 0 Å². The van der Waals surface area contributed by atoms with E-state index >= 15 is 0 Å². The van der Waals surface area contributed by atoms with Crippen molar-refractivity contribution in [1.29, 1.82) is 0 Å². The van der Waals surface area contributed by atoms with E-state index in [-0.39, 0.29) is 11.1 Å². The van der Waals surface area contributed by atoms with E-state index in [1.54, 1.807) is 0 Å². The number of hydrogen-bond acceptors (Lipinski definition) is 3. The summed E-state index contributed by atoms with van der Waals surface area (Å²) in [7, 11) is 0. The molecule has 12 heavy (non-hydrogen) atoms. The van der Waals surface area contributed by atoms with E-state index in [0.717, 1.165) is 0 Å². The highest BCUT2D eigenvalue weighted by Gasteiger charge is 2.44. The fourth-order valence-electron chi connectivity index (χ4n) is 2.48. The van der Waals surface area contributed by atoms with Crippen LogP contribution in [0.2, 0.25) is 0 Å². The molecule has 0 aromatic carbocycles. The molecule has 3 heteroatoms. The van der Waals surface area contributed by atoms with Crippen LogP contribution in [0.4, 0.5) is 0 Å². The number of hydrogen-bond donors (Lipinski definition) is 3. The third-order valence-electron chi connectivity index (χ3n) is 2.13. The Morgan fingerprint density at radius 1 is 0.917 bits per heavy atom. The zero-order valence-corrected chi connectivity index (χ0v) is 8.31. The maximum atomic E-state index is 9.56. The van der Waals surface area contributed by atoms with Gasteiger partial charge in [0.15, 0.2) is 5.79 Å². The van der Waals surface area contributed by atoms with Gasteiger partial charge in [0, 0.05) is 23.9 Å². The molecule has 1 aliphatic heterocycles. The molecule has 0 aromatic heterocycles. The van der Waals surface area contributed by atoms with Gasteiger partial charge in [-0.3, -0.25) is 0 Å². The lowest BCUT2D eigenvalue weighted by Gasteiger charge is -2.48. The second-order valence-electron chi connectivity index (χ2n) is 5.23. The van der Waals surface area contributed by atoms with E-state index in [9.17, 15) is 10.2 Å². The smallest absolute Gasteiger partial charge is 0.165 e. The van der Waals surface area contributed by atoms with E-state index in [2.05, 4.69) is 5.32 Å². The van der Waals surface area contributed by atoms with Gasteiger partial charge in [0.1, 0.15) is 0 Å². The first-order valence-corrected chi connectivity index (χ1v) is 4.36. The van der Waals surface area contributed by atoms with E-state index in [0.29, 0.717) is 12.8 Å². The molecular weight excluding hydrogens is 154 g/mol. The van der Waals surface area contributed by atoms with Crippen molar-refractivity contribution in [3.8, 4) is 0 Å². The van der Waals surface area contributed by atoms with Gasteiger partial charge >= 0.3 is 0 Å². The average Bonchev–Trinajstić information content (AvgIpc) is 1.44. The number of aliphatic hydroxyl groups is 2. The zero-order valence-electron chi connectivity index (χ0n) is 8.31. The van der Waals surface area contributed by atoms with Crippen molar-refractivity contribution in [1.82, 2.24) is 5.32 Å².